The quantitative estimate of drug-likeness (QED) is 0.641. The number of nitrogens with one attached hydrogen (secondary N) is 2. The van der Waals surface area contributed by atoms with Crippen LogP contribution >= 0.6 is 0 Å². The second kappa shape index (κ2) is 11.1. The number of amides is 2. The third kappa shape index (κ3) is 6.80. The van der Waals surface area contributed by atoms with E-state index in [9.17, 15) is 9.59 Å². The van der Waals surface area contributed by atoms with Gasteiger partial charge in [-0.1, -0.05) is 12.1 Å². The normalized spacial score (nSPS) is 11.6. The van der Waals surface area contributed by atoms with Gasteiger partial charge in [0, 0.05) is 18.7 Å². The lowest BCUT2D eigenvalue weighted by molar-refractivity contribution is -0.122. The fraction of sp³-hybridized carbons (Fsp3) is 0.364. The van der Waals surface area contributed by atoms with Crippen molar-refractivity contribution in [3.05, 3.63) is 59.7 Å². The predicted molar refractivity (Wildman–Crippen MR) is 112 cm³/mol. The highest BCUT2D eigenvalue weighted by atomic mass is 16.5. The molecule has 0 aliphatic heterocycles. The highest BCUT2D eigenvalue weighted by Gasteiger charge is 2.16. The van der Waals surface area contributed by atoms with E-state index in [1.165, 1.54) is 0 Å². The van der Waals surface area contributed by atoms with Crippen LogP contribution in [0.3, 0.4) is 0 Å². The van der Waals surface area contributed by atoms with Crippen molar-refractivity contribution in [1.82, 2.24) is 15.5 Å². The van der Waals surface area contributed by atoms with E-state index in [-0.39, 0.29) is 24.5 Å². The molecule has 2 aromatic rings. The Morgan fingerprint density at radius 2 is 1.76 bits per heavy atom. The molecule has 29 heavy (non-hydrogen) atoms. The lowest BCUT2D eigenvalue weighted by atomic mass is 10.1. The van der Waals surface area contributed by atoms with Gasteiger partial charge in [0.25, 0.3) is 11.8 Å². The molecule has 2 rings (SSSR count). The molecular weight excluding hydrogens is 370 g/mol. The first-order valence-corrected chi connectivity index (χ1v) is 9.52. The summed E-state index contributed by atoms with van der Waals surface area (Å²) in [6.45, 7) is 2.81. The van der Waals surface area contributed by atoms with Crippen molar-refractivity contribution < 1.29 is 19.1 Å². The molecule has 0 aromatic heterocycles. The Labute approximate surface area is 172 Å². The van der Waals surface area contributed by atoms with Gasteiger partial charge in [-0.3, -0.25) is 9.59 Å². The van der Waals surface area contributed by atoms with Crippen LogP contribution in [0.4, 0.5) is 0 Å². The fourth-order valence-corrected chi connectivity index (χ4v) is 2.84. The number of carbonyl (C=O) groups is 2. The summed E-state index contributed by atoms with van der Waals surface area (Å²) < 4.78 is 10.7. The van der Waals surface area contributed by atoms with Crippen molar-refractivity contribution in [2.45, 2.75) is 13.0 Å². The molecule has 156 valence electrons. The number of methoxy groups -OCH3 is 1. The first-order chi connectivity index (χ1) is 13.9. The van der Waals surface area contributed by atoms with Gasteiger partial charge in [0.05, 0.1) is 13.2 Å². The standard InChI is InChI=1S/C22H29N3O4/c1-5-23-21(26)15-29-18-11-9-16(10-12-18)22(27)24-14-20(25(2)3)17-7-6-8-19(13-17)28-4/h6-13,20H,5,14-15H2,1-4H3,(H,23,26)(H,24,27). The lowest BCUT2D eigenvalue weighted by Gasteiger charge is -2.25. The molecule has 7 nitrogen and oxygen atoms in total. The lowest BCUT2D eigenvalue weighted by Crippen LogP contribution is -2.34. The van der Waals surface area contributed by atoms with Crippen molar-refractivity contribution in [1.29, 1.82) is 0 Å². The summed E-state index contributed by atoms with van der Waals surface area (Å²) in [5, 5.41) is 5.64. The van der Waals surface area contributed by atoms with Crippen LogP contribution in [0.15, 0.2) is 48.5 Å². The van der Waals surface area contributed by atoms with E-state index in [0.717, 1.165) is 11.3 Å². The zero-order chi connectivity index (χ0) is 21.2. The minimum atomic E-state index is -0.179. The molecule has 0 saturated carbocycles. The Morgan fingerprint density at radius 3 is 2.38 bits per heavy atom. The smallest absolute Gasteiger partial charge is 0.257 e. The van der Waals surface area contributed by atoms with Crippen LogP contribution in [0.5, 0.6) is 11.5 Å². The van der Waals surface area contributed by atoms with Crippen molar-refractivity contribution in [3.63, 3.8) is 0 Å². The van der Waals surface area contributed by atoms with Gasteiger partial charge >= 0.3 is 0 Å². The van der Waals surface area contributed by atoms with Gasteiger partial charge in [-0.25, -0.2) is 0 Å². The number of hydrogen-bond acceptors (Lipinski definition) is 5. The summed E-state index contributed by atoms with van der Waals surface area (Å²) in [5.41, 5.74) is 1.59. The van der Waals surface area contributed by atoms with Crippen LogP contribution in [-0.4, -0.2) is 57.6 Å². The molecule has 1 atom stereocenters. The topological polar surface area (TPSA) is 79.9 Å². The molecule has 0 heterocycles. The molecule has 0 radical (unpaired) electrons. The third-order valence-corrected chi connectivity index (χ3v) is 4.42. The van der Waals surface area contributed by atoms with Crippen LogP contribution < -0.4 is 20.1 Å². The average Bonchev–Trinajstić information content (AvgIpc) is 2.72. The van der Waals surface area contributed by atoms with Crippen LogP contribution in [0.25, 0.3) is 0 Å². The Bertz CT molecular complexity index is 806. The van der Waals surface area contributed by atoms with E-state index in [1.807, 2.05) is 50.2 Å². The van der Waals surface area contributed by atoms with Crippen molar-refractivity contribution in [3.8, 4) is 11.5 Å². The van der Waals surface area contributed by atoms with Crippen LogP contribution in [-0.2, 0) is 4.79 Å². The first-order valence-electron chi connectivity index (χ1n) is 9.52. The largest absolute Gasteiger partial charge is 0.497 e. The zero-order valence-corrected chi connectivity index (χ0v) is 17.4. The molecule has 0 bridgehead atoms. The molecule has 0 aliphatic carbocycles. The molecule has 2 aromatic carbocycles. The summed E-state index contributed by atoms with van der Waals surface area (Å²) >= 11 is 0. The fourth-order valence-electron chi connectivity index (χ4n) is 2.84. The summed E-state index contributed by atoms with van der Waals surface area (Å²) in [7, 11) is 5.57. The summed E-state index contributed by atoms with van der Waals surface area (Å²) in [5.74, 6) is 0.968. The summed E-state index contributed by atoms with van der Waals surface area (Å²) in [6, 6.07) is 14.5. The minimum Gasteiger partial charge on any atom is -0.497 e. The third-order valence-electron chi connectivity index (χ3n) is 4.42. The molecule has 1 unspecified atom stereocenters. The van der Waals surface area contributed by atoms with Crippen molar-refractivity contribution >= 4 is 11.8 Å². The van der Waals surface area contributed by atoms with Crippen LogP contribution in [0.2, 0.25) is 0 Å². The molecule has 0 saturated heterocycles. The maximum atomic E-state index is 12.5. The zero-order valence-electron chi connectivity index (χ0n) is 17.4. The number of nitrogens with zero attached hydrogens (tertiary/aromatic N) is 1. The summed E-state index contributed by atoms with van der Waals surface area (Å²) in [4.78, 5) is 26.0. The number of ether oxygens (including phenoxy) is 2. The van der Waals surface area contributed by atoms with Crippen LogP contribution in [0.1, 0.15) is 28.9 Å². The summed E-state index contributed by atoms with van der Waals surface area (Å²) in [6.07, 6.45) is 0. The Hall–Kier alpha value is -3.06. The molecule has 0 fully saturated rings. The maximum Gasteiger partial charge on any atom is 0.257 e. The number of hydrogen-bond donors (Lipinski definition) is 2. The maximum absolute atomic E-state index is 12.5. The van der Waals surface area contributed by atoms with Gasteiger partial charge in [-0.15, -0.1) is 0 Å². The monoisotopic (exact) mass is 399 g/mol. The van der Waals surface area contributed by atoms with E-state index >= 15 is 0 Å². The predicted octanol–water partition coefficient (Wildman–Crippen LogP) is 2.24. The van der Waals surface area contributed by atoms with Gasteiger partial charge in [0.1, 0.15) is 11.5 Å². The number of rotatable bonds is 10. The van der Waals surface area contributed by atoms with E-state index in [1.54, 1.807) is 31.4 Å². The highest BCUT2D eigenvalue weighted by Crippen LogP contribution is 2.22. The number of likely N-dealkylation sites (N-methyl/N-ethyl adjacent to an activating group) is 2. The second-order valence-electron chi connectivity index (χ2n) is 6.73. The Morgan fingerprint density at radius 1 is 1.03 bits per heavy atom. The minimum absolute atomic E-state index is 0.00809. The van der Waals surface area contributed by atoms with Gasteiger partial charge in [-0.2, -0.15) is 0 Å². The van der Waals surface area contributed by atoms with Gasteiger partial charge in [-0.05, 0) is 63.0 Å². The second-order valence-corrected chi connectivity index (χ2v) is 6.73. The number of benzene rings is 2. The van der Waals surface area contributed by atoms with Crippen molar-refractivity contribution in [2.24, 2.45) is 0 Å². The molecule has 0 aliphatic rings. The highest BCUT2D eigenvalue weighted by molar-refractivity contribution is 5.94. The molecular formula is C22H29N3O4. The van der Waals surface area contributed by atoms with E-state index in [2.05, 4.69) is 10.6 Å². The van der Waals surface area contributed by atoms with Gasteiger partial charge < -0.3 is 25.0 Å². The molecule has 7 heteroatoms. The van der Waals surface area contributed by atoms with Crippen molar-refractivity contribution in [2.75, 3.05) is 40.9 Å². The van der Waals surface area contributed by atoms with Crippen LogP contribution in [0, 0.1) is 0 Å². The van der Waals surface area contributed by atoms with E-state index in [0.29, 0.717) is 24.4 Å². The van der Waals surface area contributed by atoms with Gasteiger partial charge in [0.2, 0.25) is 0 Å². The average molecular weight is 399 g/mol. The first kappa shape index (κ1) is 22.2. The molecule has 2 N–H and O–H groups in total. The van der Waals surface area contributed by atoms with Gasteiger partial charge in [0.15, 0.2) is 6.61 Å². The van der Waals surface area contributed by atoms with E-state index in [4.69, 9.17) is 9.47 Å². The molecule has 2 amide bonds. The Balaban J connectivity index is 1.95. The SMILES string of the molecule is CCNC(=O)COc1ccc(C(=O)NCC(c2cccc(OC)c2)N(C)C)cc1. The number of carbonyl (C=O) groups excluding carboxylic acids is 2. The Kier molecular flexibility index (Phi) is 8.48. The molecule has 0 spiro atoms. The van der Waals surface area contributed by atoms with E-state index < -0.39 is 0 Å².